The number of hydrogen-bond acceptors (Lipinski definition) is 3. The summed E-state index contributed by atoms with van der Waals surface area (Å²) in [6.45, 7) is 2.04. The highest BCUT2D eigenvalue weighted by Crippen LogP contribution is 2.34. The number of rotatable bonds is 2. The van der Waals surface area contributed by atoms with E-state index < -0.39 is 0 Å². The molecule has 0 unspecified atom stereocenters. The van der Waals surface area contributed by atoms with E-state index in [0.29, 0.717) is 5.02 Å². The van der Waals surface area contributed by atoms with Gasteiger partial charge in [-0.1, -0.05) is 34.5 Å². The molecule has 1 heterocycles. The first-order chi connectivity index (χ1) is 7.67. The summed E-state index contributed by atoms with van der Waals surface area (Å²) in [5.74, 6) is 5.52. The lowest BCUT2D eigenvalue weighted by Crippen LogP contribution is -2.08. The van der Waals surface area contributed by atoms with Crippen LogP contribution in [0.5, 0.6) is 0 Å². The van der Waals surface area contributed by atoms with E-state index in [1.807, 2.05) is 25.1 Å². The van der Waals surface area contributed by atoms with Crippen LogP contribution in [0.1, 0.15) is 12.6 Å². The first kappa shape index (κ1) is 11.6. The van der Waals surface area contributed by atoms with Gasteiger partial charge < -0.3 is 5.43 Å². The first-order valence-electron chi connectivity index (χ1n) is 4.91. The van der Waals surface area contributed by atoms with Crippen LogP contribution in [0.3, 0.4) is 0 Å². The fraction of sp³-hybridized carbons (Fsp3) is 0.182. The summed E-state index contributed by atoms with van der Waals surface area (Å²) >= 11 is 9.61. The summed E-state index contributed by atoms with van der Waals surface area (Å²) in [5, 5.41) is 1.54. The molecular formula is C11H11BrClN3. The van der Waals surface area contributed by atoms with Gasteiger partial charge >= 0.3 is 0 Å². The number of fused-ring (bicyclic) bond motifs is 1. The third-order valence-electron chi connectivity index (χ3n) is 2.43. The number of nitrogens with two attached hydrogens (primary N) is 1. The smallest absolute Gasteiger partial charge is 0.0924 e. The van der Waals surface area contributed by atoms with E-state index in [2.05, 4.69) is 26.3 Å². The van der Waals surface area contributed by atoms with Gasteiger partial charge in [-0.25, -0.2) is 0 Å². The van der Waals surface area contributed by atoms with Crippen LogP contribution in [0.2, 0.25) is 5.02 Å². The Labute approximate surface area is 107 Å². The Morgan fingerprint density at radius 1 is 1.50 bits per heavy atom. The fourth-order valence-electron chi connectivity index (χ4n) is 1.62. The number of nitrogens with one attached hydrogen (secondary N) is 1. The van der Waals surface area contributed by atoms with Crippen molar-refractivity contribution in [1.82, 2.24) is 4.98 Å². The lowest BCUT2D eigenvalue weighted by molar-refractivity contribution is 1.06. The third kappa shape index (κ3) is 1.88. The van der Waals surface area contributed by atoms with E-state index in [-0.39, 0.29) is 0 Å². The van der Waals surface area contributed by atoms with Gasteiger partial charge in [0.1, 0.15) is 0 Å². The quantitative estimate of drug-likeness (QED) is 0.659. The van der Waals surface area contributed by atoms with Gasteiger partial charge in [0.05, 0.1) is 16.2 Å². The van der Waals surface area contributed by atoms with Gasteiger partial charge in [0.15, 0.2) is 0 Å². The second-order valence-corrected chi connectivity index (χ2v) is 4.67. The SMILES string of the molecule is CCc1cc(NN)c2c(Br)ccc(Cl)c2n1. The average molecular weight is 301 g/mol. The maximum atomic E-state index is 6.13. The molecule has 16 heavy (non-hydrogen) atoms. The van der Waals surface area contributed by atoms with Gasteiger partial charge in [0, 0.05) is 15.6 Å². The zero-order chi connectivity index (χ0) is 11.7. The van der Waals surface area contributed by atoms with Crippen molar-refractivity contribution < 1.29 is 0 Å². The van der Waals surface area contributed by atoms with Crippen molar-refractivity contribution in [2.75, 3.05) is 5.43 Å². The van der Waals surface area contributed by atoms with E-state index in [4.69, 9.17) is 17.4 Å². The summed E-state index contributed by atoms with van der Waals surface area (Å²) in [6, 6.07) is 5.64. The number of pyridine rings is 1. The monoisotopic (exact) mass is 299 g/mol. The predicted molar refractivity (Wildman–Crippen MR) is 71.6 cm³/mol. The molecular weight excluding hydrogens is 289 g/mol. The Morgan fingerprint density at radius 2 is 2.25 bits per heavy atom. The number of aryl methyl sites for hydroxylation is 1. The molecule has 0 saturated carbocycles. The molecule has 3 N–H and O–H groups in total. The number of aromatic nitrogens is 1. The van der Waals surface area contributed by atoms with Crippen LogP contribution < -0.4 is 11.3 Å². The van der Waals surface area contributed by atoms with Crippen LogP contribution in [0.25, 0.3) is 10.9 Å². The molecule has 0 aliphatic carbocycles. The highest BCUT2D eigenvalue weighted by Gasteiger charge is 2.10. The Morgan fingerprint density at radius 3 is 2.88 bits per heavy atom. The molecule has 5 heteroatoms. The second kappa shape index (κ2) is 4.57. The third-order valence-corrected chi connectivity index (χ3v) is 3.40. The zero-order valence-electron chi connectivity index (χ0n) is 8.72. The summed E-state index contributed by atoms with van der Waals surface area (Å²) in [5.41, 5.74) is 5.24. The molecule has 0 bridgehead atoms. The standard InChI is InChI=1S/C11H11BrClN3/c1-2-6-5-9(16-14)10-7(12)3-4-8(13)11(10)15-6/h3-5H,2,14H2,1H3,(H,15,16). The lowest BCUT2D eigenvalue weighted by Gasteiger charge is -2.10. The van der Waals surface area contributed by atoms with E-state index in [0.717, 1.165) is 33.2 Å². The summed E-state index contributed by atoms with van der Waals surface area (Å²) in [7, 11) is 0. The van der Waals surface area contributed by atoms with Crippen molar-refractivity contribution in [2.24, 2.45) is 5.84 Å². The van der Waals surface area contributed by atoms with Crippen LogP contribution in [0.4, 0.5) is 5.69 Å². The van der Waals surface area contributed by atoms with Crippen molar-refractivity contribution >= 4 is 44.1 Å². The van der Waals surface area contributed by atoms with Gasteiger partial charge in [-0.3, -0.25) is 10.8 Å². The minimum absolute atomic E-state index is 0.630. The summed E-state index contributed by atoms with van der Waals surface area (Å²) in [6.07, 6.45) is 0.841. The summed E-state index contributed by atoms with van der Waals surface area (Å²) < 4.78 is 0.926. The normalized spacial score (nSPS) is 10.8. The number of anilines is 1. The number of halogens is 2. The van der Waals surface area contributed by atoms with Crippen molar-refractivity contribution in [3.8, 4) is 0 Å². The van der Waals surface area contributed by atoms with Gasteiger partial charge in [0.25, 0.3) is 0 Å². The molecule has 2 rings (SSSR count). The molecule has 0 aliphatic rings. The van der Waals surface area contributed by atoms with Crippen LogP contribution >= 0.6 is 27.5 Å². The summed E-state index contributed by atoms with van der Waals surface area (Å²) in [4.78, 5) is 4.51. The Hall–Kier alpha value is -0.840. The van der Waals surface area contributed by atoms with Crippen molar-refractivity contribution in [3.63, 3.8) is 0 Å². The van der Waals surface area contributed by atoms with E-state index >= 15 is 0 Å². The topological polar surface area (TPSA) is 50.9 Å². The Balaban J connectivity index is 2.88. The number of nitrogens with zero attached hydrogens (tertiary/aromatic N) is 1. The molecule has 0 amide bonds. The van der Waals surface area contributed by atoms with Crippen LogP contribution in [0, 0.1) is 0 Å². The maximum Gasteiger partial charge on any atom is 0.0924 e. The number of hydrogen-bond donors (Lipinski definition) is 2. The van der Waals surface area contributed by atoms with Gasteiger partial charge in [0.2, 0.25) is 0 Å². The molecule has 0 spiro atoms. The van der Waals surface area contributed by atoms with Crippen molar-refractivity contribution in [1.29, 1.82) is 0 Å². The van der Waals surface area contributed by atoms with Crippen molar-refractivity contribution in [3.05, 3.63) is 33.4 Å². The van der Waals surface area contributed by atoms with E-state index in [9.17, 15) is 0 Å². The number of nitrogen functional groups attached to an aromatic ring is 1. The average Bonchev–Trinajstić information content (AvgIpc) is 2.32. The van der Waals surface area contributed by atoms with Gasteiger partial charge in [-0.05, 0) is 24.6 Å². The van der Waals surface area contributed by atoms with Crippen LogP contribution in [-0.4, -0.2) is 4.98 Å². The molecule has 0 fully saturated rings. The highest BCUT2D eigenvalue weighted by molar-refractivity contribution is 9.10. The predicted octanol–water partition coefficient (Wildman–Crippen LogP) is 3.50. The molecule has 0 aliphatic heterocycles. The molecule has 84 valence electrons. The molecule has 0 saturated heterocycles. The largest absolute Gasteiger partial charge is 0.323 e. The number of benzene rings is 1. The first-order valence-corrected chi connectivity index (χ1v) is 6.08. The lowest BCUT2D eigenvalue weighted by atomic mass is 10.1. The van der Waals surface area contributed by atoms with Crippen LogP contribution in [0.15, 0.2) is 22.7 Å². The maximum absolute atomic E-state index is 6.13. The van der Waals surface area contributed by atoms with Crippen LogP contribution in [-0.2, 0) is 6.42 Å². The Bertz CT molecular complexity index is 542. The van der Waals surface area contributed by atoms with Gasteiger partial charge in [-0.15, -0.1) is 0 Å². The molecule has 1 aromatic heterocycles. The molecule has 0 radical (unpaired) electrons. The molecule has 0 atom stereocenters. The fourth-order valence-corrected chi connectivity index (χ4v) is 2.35. The van der Waals surface area contributed by atoms with E-state index in [1.54, 1.807) is 0 Å². The zero-order valence-corrected chi connectivity index (χ0v) is 11.1. The number of hydrazine groups is 1. The second-order valence-electron chi connectivity index (χ2n) is 3.41. The van der Waals surface area contributed by atoms with Crippen molar-refractivity contribution in [2.45, 2.75) is 13.3 Å². The molecule has 2 aromatic rings. The minimum atomic E-state index is 0.630. The minimum Gasteiger partial charge on any atom is -0.323 e. The molecule has 3 nitrogen and oxygen atoms in total. The van der Waals surface area contributed by atoms with Gasteiger partial charge in [-0.2, -0.15) is 0 Å². The van der Waals surface area contributed by atoms with E-state index in [1.165, 1.54) is 0 Å². The highest BCUT2D eigenvalue weighted by atomic mass is 79.9. The Kier molecular flexibility index (Phi) is 3.33. The molecule has 1 aromatic carbocycles.